The van der Waals surface area contributed by atoms with Crippen LogP contribution in [-0.4, -0.2) is 50.1 Å². The summed E-state index contributed by atoms with van der Waals surface area (Å²) in [7, 11) is 3.57. The fraction of sp³-hybridized carbons (Fsp3) is 0.227. The molecule has 3 heterocycles. The quantitative estimate of drug-likeness (QED) is 0.431. The van der Waals surface area contributed by atoms with Crippen molar-refractivity contribution in [2.45, 2.75) is 6.92 Å². The molecule has 33 heavy (non-hydrogen) atoms. The van der Waals surface area contributed by atoms with Crippen LogP contribution in [0, 0.1) is 6.92 Å². The predicted molar refractivity (Wildman–Crippen MR) is 132 cm³/mol. The summed E-state index contributed by atoms with van der Waals surface area (Å²) in [5.74, 6) is 3.00. The molecule has 0 aliphatic carbocycles. The molecule has 0 unspecified atom stereocenters. The lowest BCUT2D eigenvalue weighted by molar-refractivity contribution is 0.312. The van der Waals surface area contributed by atoms with Gasteiger partial charge in [0.15, 0.2) is 5.82 Å². The van der Waals surface area contributed by atoms with Crippen molar-refractivity contribution in [1.82, 2.24) is 24.3 Å². The lowest BCUT2D eigenvalue weighted by Gasteiger charge is -2.29. The van der Waals surface area contributed by atoms with Crippen LogP contribution in [0.5, 0.6) is 11.5 Å². The average Bonchev–Trinajstić information content (AvgIpc) is 3.38. The Kier molecular flexibility index (Phi) is 8.32. The molecule has 0 amide bonds. The Morgan fingerprint density at radius 3 is 2.58 bits per heavy atom. The van der Waals surface area contributed by atoms with Crippen LogP contribution < -0.4 is 14.4 Å². The van der Waals surface area contributed by atoms with E-state index < -0.39 is 0 Å². The zero-order valence-corrected chi connectivity index (χ0v) is 20.1. The van der Waals surface area contributed by atoms with Gasteiger partial charge in [-0.3, -0.25) is 0 Å². The van der Waals surface area contributed by atoms with Crippen LogP contribution in [0.2, 0.25) is 0 Å². The lowest BCUT2D eigenvalue weighted by atomic mass is 10.1. The van der Waals surface area contributed by atoms with Crippen molar-refractivity contribution in [1.29, 1.82) is 0 Å². The highest BCUT2D eigenvalue weighted by molar-refractivity contribution is 5.85. The Balaban J connectivity index is 0.00000128. The summed E-state index contributed by atoms with van der Waals surface area (Å²) in [6.45, 7) is 3.28. The van der Waals surface area contributed by atoms with Crippen molar-refractivity contribution in [3.05, 3.63) is 60.7 Å². The molecular formula is C22H26Cl2N6O3. The molecular weight excluding hydrogens is 467 g/mol. The van der Waals surface area contributed by atoms with Gasteiger partial charge in [0, 0.05) is 18.8 Å². The second-order valence-corrected chi connectivity index (χ2v) is 7.14. The number of aryl methyl sites for hydroxylation is 2. The van der Waals surface area contributed by atoms with Gasteiger partial charge in [-0.1, -0.05) is 12.1 Å². The molecule has 9 nitrogen and oxygen atoms in total. The molecule has 0 fully saturated rings. The van der Waals surface area contributed by atoms with Crippen LogP contribution in [-0.2, 0) is 7.05 Å². The highest BCUT2D eigenvalue weighted by Crippen LogP contribution is 2.36. The van der Waals surface area contributed by atoms with Crippen molar-refractivity contribution in [3.63, 3.8) is 0 Å². The van der Waals surface area contributed by atoms with Crippen LogP contribution in [0.3, 0.4) is 0 Å². The highest BCUT2D eigenvalue weighted by Gasteiger charge is 2.24. The third kappa shape index (κ3) is 4.75. The van der Waals surface area contributed by atoms with E-state index in [1.54, 1.807) is 18.1 Å². The second kappa shape index (κ2) is 10.6. The number of fused-ring (bicyclic) bond motifs is 1. The van der Waals surface area contributed by atoms with Gasteiger partial charge < -0.3 is 24.4 Å². The molecule has 1 aliphatic rings. The van der Waals surface area contributed by atoms with Gasteiger partial charge in [0.2, 0.25) is 5.95 Å². The largest absolute Gasteiger partial charge is 0.495 e. The van der Waals surface area contributed by atoms with E-state index in [-0.39, 0.29) is 30.3 Å². The summed E-state index contributed by atoms with van der Waals surface area (Å²) >= 11 is 0. The average molecular weight is 493 g/mol. The molecule has 2 aromatic heterocycles. The second-order valence-electron chi connectivity index (χ2n) is 7.14. The van der Waals surface area contributed by atoms with Gasteiger partial charge in [-0.05, 0) is 37.3 Å². The number of rotatable bonds is 4. The molecule has 0 bridgehead atoms. The smallest absolute Gasteiger partial charge is 0.228 e. The fourth-order valence-electron chi connectivity index (χ4n) is 3.69. The molecule has 176 valence electrons. The minimum atomic E-state index is 0. The molecule has 0 spiro atoms. The van der Waals surface area contributed by atoms with Crippen LogP contribution in [0.1, 0.15) is 5.69 Å². The van der Waals surface area contributed by atoms with Crippen LogP contribution in [0.4, 0.5) is 11.6 Å². The number of hydrogen-bond acceptors (Lipinski definition) is 6. The summed E-state index contributed by atoms with van der Waals surface area (Å²) in [5, 5.41) is 4.66. The number of imidazole rings is 1. The van der Waals surface area contributed by atoms with Crippen molar-refractivity contribution < 1.29 is 14.9 Å². The minimum Gasteiger partial charge on any atom is -0.495 e. The van der Waals surface area contributed by atoms with E-state index >= 15 is 0 Å². The van der Waals surface area contributed by atoms with E-state index in [4.69, 9.17) is 14.5 Å². The third-order valence-electron chi connectivity index (χ3n) is 5.14. The van der Waals surface area contributed by atoms with E-state index in [0.717, 1.165) is 40.1 Å². The SMILES string of the molecule is COc1cc(-c2nc(N3CCOc4ccccc43)n(C)n2)ccc1-n1cnc(C)c1.Cl.Cl.O. The van der Waals surface area contributed by atoms with Crippen molar-refractivity contribution in [2.24, 2.45) is 7.05 Å². The first-order valence-electron chi connectivity index (χ1n) is 9.74. The number of hydrogen-bond donors (Lipinski definition) is 0. The fourth-order valence-corrected chi connectivity index (χ4v) is 3.69. The van der Waals surface area contributed by atoms with E-state index in [1.165, 1.54) is 0 Å². The summed E-state index contributed by atoms with van der Waals surface area (Å²) in [6, 6.07) is 13.9. The predicted octanol–water partition coefficient (Wildman–Crippen LogP) is 3.53. The first kappa shape index (κ1) is 26.0. The standard InChI is InChI=1S/C22H22N6O2.2ClH.H2O/c1-15-13-27(14-23-15)17-9-8-16(12-20(17)29-3)21-24-22(26(2)25-21)28-10-11-30-19-7-5-4-6-18(19)28;;;/h4-9,12-14H,10-11H2,1-3H3;2*1H;1H2. The normalized spacial score (nSPS) is 11.9. The van der Waals surface area contributed by atoms with E-state index in [9.17, 15) is 0 Å². The molecule has 0 atom stereocenters. The van der Waals surface area contributed by atoms with Crippen molar-refractivity contribution >= 4 is 36.4 Å². The van der Waals surface area contributed by atoms with Gasteiger partial charge in [-0.15, -0.1) is 29.9 Å². The lowest BCUT2D eigenvalue weighted by Crippen LogP contribution is -2.30. The van der Waals surface area contributed by atoms with Crippen LogP contribution >= 0.6 is 24.8 Å². The highest BCUT2D eigenvalue weighted by atomic mass is 35.5. The zero-order chi connectivity index (χ0) is 20.7. The van der Waals surface area contributed by atoms with Gasteiger partial charge in [-0.2, -0.15) is 4.98 Å². The van der Waals surface area contributed by atoms with Crippen molar-refractivity contribution in [2.75, 3.05) is 25.2 Å². The Labute approximate surface area is 204 Å². The number of aromatic nitrogens is 5. The van der Waals surface area contributed by atoms with Gasteiger partial charge in [-0.25, -0.2) is 9.67 Å². The number of para-hydroxylation sites is 2. The van der Waals surface area contributed by atoms with Crippen LogP contribution in [0.25, 0.3) is 17.1 Å². The number of halogens is 2. The number of benzene rings is 2. The Bertz CT molecular complexity index is 1230. The summed E-state index contributed by atoms with van der Waals surface area (Å²) in [4.78, 5) is 11.3. The first-order chi connectivity index (χ1) is 14.6. The monoisotopic (exact) mass is 492 g/mol. The Morgan fingerprint density at radius 1 is 1.06 bits per heavy atom. The van der Waals surface area contributed by atoms with E-state index in [0.29, 0.717) is 19.0 Å². The number of nitrogens with zero attached hydrogens (tertiary/aromatic N) is 6. The maximum atomic E-state index is 5.77. The number of ether oxygens (including phenoxy) is 2. The van der Waals surface area contributed by atoms with E-state index in [1.807, 2.05) is 67.2 Å². The van der Waals surface area contributed by atoms with Crippen LogP contribution in [0.15, 0.2) is 55.0 Å². The van der Waals surface area contributed by atoms with Gasteiger partial charge in [0.25, 0.3) is 0 Å². The summed E-state index contributed by atoms with van der Waals surface area (Å²) in [5.41, 5.74) is 3.74. The summed E-state index contributed by atoms with van der Waals surface area (Å²) in [6.07, 6.45) is 3.74. The Hall–Kier alpha value is -3.27. The maximum Gasteiger partial charge on any atom is 0.228 e. The van der Waals surface area contributed by atoms with E-state index in [2.05, 4.69) is 15.0 Å². The van der Waals surface area contributed by atoms with Gasteiger partial charge in [0.05, 0.1) is 37.1 Å². The molecule has 0 saturated heterocycles. The Morgan fingerprint density at radius 2 is 1.85 bits per heavy atom. The van der Waals surface area contributed by atoms with Gasteiger partial charge >= 0.3 is 0 Å². The molecule has 2 aromatic carbocycles. The molecule has 2 N–H and O–H groups in total. The minimum absolute atomic E-state index is 0. The summed E-state index contributed by atoms with van der Waals surface area (Å²) < 4.78 is 15.2. The number of methoxy groups -OCH3 is 1. The maximum absolute atomic E-state index is 5.77. The molecule has 0 radical (unpaired) electrons. The molecule has 1 aliphatic heterocycles. The third-order valence-corrected chi connectivity index (χ3v) is 5.14. The van der Waals surface area contributed by atoms with Crippen molar-refractivity contribution in [3.8, 4) is 28.6 Å². The molecule has 5 rings (SSSR count). The molecule has 4 aromatic rings. The molecule has 0 saturated carbocycles. The number of anilines is 2. The van der Waals surface area contributed by atoms with Gasteiger partial charge in [0.1, 0.15) is 18.1 Å². The zero-order valence-electron chi connectivity index (χ0n) is 18.4. The first-order valence-corrected chi connectivity index (χ1v) is 9.74. The molecule has 11 heteroatoms. The topological polar surface area (TPSA) is 102 Å².